The van der Waals surface area contributed by atoms with Crippen LogP contribution in [0.25, 0.3) is 0 Å². The van der Waals surface area contributed by atoms with Crippen LogP contribution < -0.4 is 0 Å². The molecule has 0 fully saturated rings. The predicted octanol–water partition coefficient (Wildman–Crippen LogP) is 3.06. The van der Waals surface area contributed by atoms with Crippen LogP contribution in [0, 0.1) is 0 Å². The molecule has 0 atom stereocenters. The number of nitrogens with zero attached hydrogens (tertiary/aromatic N) is 2. The van der Waals surface area contributed by atoms with Gasteiger partial charge < -0.3 is 4.84 Å². The number of hydrogen-bond donors (Lipinski definition) is 0. The van der Waals surface area contributed by atoms with E-state index in [4.69, 9.17) is 4.84 Å². The van der Waals surface area contributed by atoms with E-state index in [2.05, 4.69) is 4.98 Å². The second-order valence-corrected chi connectivity index (χ2v) is 5.79. The Morgan fingerprint density at radius 2 is 1.64 bits per heavy atom. The Hall–Kier alpha value is -2.88. The fraction of sp³-hybridized carbons (Fsp3) is 0.0667. The van der Waals surface area contributed by atoms with E-state index in [0.29, 0.717) is 0 Å². The van der Waals surface area contributed by atoms with Gasteiger partial charge in [0.25, 0.3) is 11.8 Å². The number of halogens is 3. The summed E-state index contributed by atoms with van der Waals surface area (Å²) in [4.78, 5) is 44.6. The number of hydrogen-bond acceptors (Lipinski definition) is 6. The summed E-state index contributed by atoms with van der Waals surface area (Å²) in [6, 6.07) is 8.08. The lowest BCUT2D eigenvalue weighted by atomic mass is 10.1. The summed E-state index contributed by atoms with van der Waals surface area (Å²) in [7, 11) is 0. The lowest BCUT2D eigenvalue weighted by molar-refractivity contribution is -0.0588. The lowest BCUT2D eigenvalue weighted by Gasteiger charge is -2.14. The van der Waals surface area contributed by atoms with Gasteiger partial charge in [-0.05, 0) is 24.3 Å². The molecule has 1 aliphatic rings. The maximum absolute atomic E-state index is 12.5. The van der Waals surface area contributed by atoms with Gasteiger partial charge in [-0.25, -0.2) is 9.78 Å². The van der Waals surface area contributed by atoms with Crippen molar-refractivity contribution in [2.75, 3.05) is 0 Å². The summed E-state index contributed by atoms with van der Waals surface area (Å²) in [6.07, 6.45) is 1.08. The minimum Gasteiger partial charge on any atom is -0.324 e. The maximum atomic E-state index is 12.5. The van der Waals surface area contributed by atoms with E-state index in [1.54, 1.807) is 0 Å². The van der Waals surface area contributed by atoms with Crippen molar-refractivity contribution in [3.8, 4) is 0 Å². The molecule has 0 saturated heterocycles. The predicted molar refractivity (Wildman–Crippen MR) is 78.5 cm³/mol. The standard InChI is InChI=1S/C15H7F3N2O4S/c16-15(17,18)25-11-10(6-3-7-19-11)14(23)24-20-12(21)8-4-1-2-5-9(8)13(20)22/h1-7H. The smallest absolute Gasteiger partial charge is 0.324 e. The third-order valence-corrected chi connectivity index (χ3v) is 3.88. The second-order valence-electron chi connectivity index (χ2n) is 4.73. The summed E-state index contributed by atoms with van der Waals surface area (Å²) in [5.74, 6) is -3.04. The normalized spacial score (nSPS) is 13.8. The molecule has 128 valence electrons. The first-order valence-corrected chi connectivity index (χ1v) is 7.50. The maximum Gasteiger partial charge on any atom is 0.447 e. The molecule has 0 aliphatic carbocycles. The molecule has 3 rings (SSSR count). The van der Waals surface area contributed by atoms with Gasteiger partial charge in [-0.3, -0.25) is 9.59 Å². The topological polar surface area (TPSA) is 76.6 Å². The minimum atomic E-state index is -4.67. The van der Waals surface area contributed by atoms with E-state index in [1.165, 1.54) is 30.3 Å². The SMILES string of the molecule is O=C(ON1C(=O)c2ccccc2C1=O)c1cccnc1SC(F)(F)F. The highest BCUT2D eigenvalue weighted by Gasteiger charge is 2.39. The summed E-state index contributed by atoms with van der Waals surface area (Å²) >= 11 is -0.598. The van der Waals surface area contributed by atoms with E-state index < -0.39 is 45.6 Å². The summed E-state index contributed by atoms with van der Waals surface area (Å²) in [6.45, 7) is 0. The highest BCUT2D eigenvalue weighted by molar-refractivity contribution is 8.00. The van der Waals surface area contributed by atoms with Crippen molar-refractivity contribution in [3.63, 3.8) is 0 Å². The van der Waals surface area contributed by atoms with Crippen LogP contribution in [0.5, 0.6) is 0 Å². The molecule has 1 aliphatic heterocycles. The van der Waals surface area contributed by atoms with Crippen molar-refractivity contribution in [3.05, 3.63) is 59.3 Å². The molecule has 0 spiro atoms. The lowest BCUT2D eigenvalue weighted by Crippen LogP contribution is -2.33. The van der Waals surface area contributed by atoms with Crippen LogP contribution in [0.1, 0.15) is 31.1 Å². The number of fused-ring (bicyclic) bond motifs is 1. The number of pyridine rings is 1. The van der Waals surface area contributed by atoms with Gasteiger partial charge in [0.2, 0.25) is 0 Å². The number of thioether (sulfide) groups is 1. The van der Waals surface area contributed by atoms with Crippen LogP contribution in [0.2, 0.25) is 0 Å². The van der Waals surface area contributed by atoms with Crippen molar-refractivity contribution in [1.82, 2.24) is 10.0 Å². The number of hydroxylamine groups is 2. The Labute approximate surface area is 142 Å². The quantitative estimate of drug-likeness (QED) is 0.612. The molecule has 2 amide bonds. The molecular formula is C15H7F3N2O4S. The number of rotatable bonds is 3. The molecule has 6 nitrogen and oxygen atoms in total. The Morgan fingerprint density at radius 3 is 2.20 bits per heavy atom. The number of amides is 2. The first-order valence-electron chi connectivity index (χ1n) is 6.69. The van der Waals surface area contributed by atoms with Gasteiger partial charge in [0.05, 0.1) is 16.7 Å². The van der Waals surface area contributed by atoms with Crippen LogP contribution in [-0.2, 0) is 4.84 Å². The van der Waals surface area contributed by atoms with Crippen LogP contribution in [0.3, 0.4) is 0 Å². The molecular weight excluding hydrogens is 361 g/mol. The molecule has 1 aromatic heterocycles. The highest BCUT2D eigenvalue weighted by Crippen LogP contribution is 2.37. The first kappa shape index (κ1) is 17.0. The molecule has 1 aromatic carbocycles. The second kappa shape index (κ2) is 6.20. The summed E-state index contributed by atoms with van der Waals surface area (Å²) in [5.41, 5.74) is -5.10. The number of imide groups is 1. The minimum absolute atomic E-state index is 0.0383. The van der Waals surface area contributed by atoms with Crippen molar-refractivity contribution in [2.24, 2.45) is 0 Å². The zero-order valence-corrected chi connectivity index (χ0v) is 12.9. The molecule has 2 aromatic rings. The van der Waals surface area contributed by atoms with E-state index in [9.17, 15) is 27.6 Å². The average molecular weight is 368 g/mol. The van der Waals surface area contributed by atoms with Gasteiger partial charge in [0.1, 0.15) is 5.03 Å². The molecule has 2 heterocycles. The number of alkyl halides is 3. The van der Waals surface area contributed by atoms with E-state index in [0.717, 1.165) is 12.3 Å². The van der Waals surface area contributed by atoms with Gasteiger partial charge >= 0.3 is 11.5 Å². The Kier molecular flexibility index (Phi) is 4.21. The van der Waals surface area contributed by atoms with Gasteiger partial charge in [0, 0.05) is 18.0 Å². The molecule has 25 heavy (non-hydrogen) atoms. The van der Waals surface area contributed by atoms with Crippen LogP contribution >= 0.6 is 11.8 Å². The summed E-state index contributed by atoms with van der Waals surface area (Å²) < 4.78 is 37.6. The van der Waals surface area contributed by atoms with Gasteiger partial charge in [-0.1, -0.05) is 17.2 Å². The average Bonchev–Trinajstić information content (AvgIpc) is 2.79. The molecule has 0 unspecified atom stereocenters. The number of carbonyl (C=O) groups excluding carboxylic acids is 3. The number of aromatic nitrogens is 1. The zero-order valence-electron chi connectivity index (χ0n) is 12.1. The van der Waals surface area contributed by atoms with Crippen LogP contribution in [0.15, 0.2) is 47.6 Å². The summed E-state index contributed by atoms with van der Waals surface area (Å²) in [5, 5.41) is -0.418. The Bertz CT molecular complexity index is 850. The molecule has 10 heteroatoms. The van der Waals surface area contributed by atoms with Gasteiger partial charge in [0.15, 0.2) is 0 Å². The Morgan fingerprint density at radius 1 is 1.04 bits per heavy atom. The van der Waals surface area contributed by atoms with Crippen molar-refractivity contribution in [1.29, 1.82) is 0 Å². The number of carbonyl (C=O) groups is 3. The van der Waals surface area contributed by atoms with E-state index in [-0.39, 0.29) is 16.2 Å². The van der Waals surface area contributed by atoms with Crippen LogP contribution in [-0.4, -0.2) is 33.3 Å². The van der Waals surface area contributed by atoms with Crippen molar-refractivity contribution >= 4 is 29.5 Å². The molecule has 0 bridgehead atoms. The van der Waals surface area contributed by atoms with Crippen LogP contribution in [0.4, 0.5) is 13.2 Å². The monoisotopic (exact) mass is 368 g/mol. The molecule has 0 N–H and O–H groups in total. The largest absolute Gasteiger partial charge is 0.447 e. The fourth-order valence-electron chi connectivity index (χ4n) is 2.12. The molecule has 0 radical (unpaired) electrons. The number of benzene rings is 1. The third-order valence-electron chi connectivity index (χ3n) is 3.13. The third kappa shape index (κ3) is 3.33. The van der Waals surface area contributed by atoms with Gasteiger partial charge in [-0.2, -0.15) is 13.2 Å². The first-order chi connectivity index (χ1) is 11.8. The Balaban J connectivity index is 1.85. The van der Waals surface area contributed by atoms with Crippen molar-refractivity contribution in [2.45, 2.75) is 10.5 Å². The van der Waals surface area contributed by atoms with E-state index >= 15 is 0 Å². The van der Waals surface area contributed by atoms with Gasteiger partial charge in [-0.15, -0.1) is 0 Å². The fourth-order valence-corrected chi connectivity index (χ4v) is 2.71. The zero-order chi connectivity index (χ0) is 18.2. The highest BCUT2D eigenvalue weighted by atomic mass is 32.2. The molecule has 0 saturated carbocycles. The van der Waals surface area contributed by atoms with E-state index in [1.807, 2.05) is 0 Å². The van der Waals surface area contributed by atoms with Crippen molar-refractivity contribution < 1.29 is 32.4 Å².